The molecule has 1 aliphatic heterocycles. The molecule has 1 saturated heterocycles. The smallest absolute Gasteiger partial charge is 0.328 e. The molecule has 9 heteroatoms. The highest BCUT2D eigenvalue weighted by Crippen LogP contribution is 2.41. The summed E-state index contributed by atoms with van der Waals surface area (Å²) in [6.45, 7) is 0. The number of esters is 1. The van der Waals surface area contributed by atoms with Gasteiger partial charge in [0.15, 0.2) is 0 Å². The first-order valence-electron chi connectivity index (χ1n) is 9.68. The van der Waals surface area contributed by atoms with Crippen molar-refractivity contribution < 1.29 is 19.2 Å². The molecule has 1 aromatic heterocycles. The first kappa shape index (κ1) is 19.1. The topological polar surface area (TPSA) is 108 Å². The van der Waals surface area contributed by atoms with E-state index in [2.05, 4.69) is 4.98 Å². The van der Waals surface area contributed by atoms with E-state index in [4.69, 9.17) is 4.74 Å². The molecule has 1 aromatic carbocycles. The molecule has 3 atom stereocenters. The molecule has 0 spiro atoms. The molecule has 29 heavy (non-hydrogen) atoms. The van der Waals surface area contributed by atoms with Crippen molar-refractivity contribution in [3.8, 4) is 5.69 Å². The van der Waals surface area contributed by atoms with Gasteiger partial charge in [0.2, 0.25) is 0 Å². The summed E-state index contributed by atoms with van der Waals surface area (Å²) in [6, 6.07) is 3.70. The molecule has 152 valence electrons. The molecule has 0 unspecified atom stereocenters. The number of ether oxygens (including phenoxy) is 1. The van der Waals surface area contributed by atoms with Crippen molar-refractivity contribution in [1.82, 2.24) is 14.5 Å². The largest absolute Gasteiger partial charge is 0.467 e. The highest BCUT2D eigenvalue weighted by atomic mass is 16.6. The molecule has 0 radical (unpaired) electrons. The monoisotopic (exact) mass is 398 g/mol. The van der Waals surface area contributed by atoms with E-state index in [0.29, 0.717) is 12.1 Å². The first-order chi connectivity index (χ1) is 14.0. The zero-order valence-electron chi connectivity index (χ0n) is 16.1. The quantitative estimate of drug-likeness (QED) is 0.445. The summed E-state index contributed by atoms with van der Waals surface area (Å²) in [4.78, 5) is 42.4. The number of methoxy groups -OCH3 is 1. The van der Waals surface area contributed by atoms with Gasteiger partial charge in [0, 0.05) is 30.1 Å². The Bertz CT molecular complexity index is 942. The Labute approximate surface area is 167 Å². The fraction of sp³-hybridized carbons (Fsp3) is 0.450. The normalized spacial score (nSPS) is 23.5. The van der Waals surface area contributed by atoms with Crippen LogP contribution in [0.1, 0.15) is 42.5 Å². The molecule has 4 rings (SSSR count). The molecule has 1 amide bonds. The van der Waals surface area contributed by atoms with Gasteiger partial charge in [-0.3, -0.25) is 14.9 Å². The third-order valence-corrected chi connectivity index (χ3v) is 6.00. The first-order valence-corrected chi connectivity index (χ1v) is 9.68. The number of likely N-dealkylation sites (tertiary alicyclic amines) is 1. The number of carbonyl (C=O) groups excluding carboxylic acids is 2. The van der Waals surface area contributed by atoms with Gasteiger partial charge in [-0.25, -0.2) is 9.78 Å². The number of hydrogen-bond acceptors (Lipinski definition) is 6. The molecule has 1 aliphatic carbocycles. The maximum atomic E-state index is 13.4. The van der Waals surface area contributed by atoms with Crippen LogP contribution < -0.4 is 0 Å². The fourth-order valence-corrected chi connectivity index (χ4v) is 4.67. The molecule has 2 aromatic rings. The number of rotatable bonds is 4. The van der Waals surface area contributed by atoms with Crippen molar-refractivity contribution >= 4 is 17.6 Å². The van der Waals surface area contributed by atoms with E-state index in [0.717, 1.165) is 25.7 Å². The summed E-state index contributed by atoms with van der Waals surface area (Å²) >= 11 is 0. The Morgan fingerprint density at radius 1 is 1.28 bits per heavy atom. The van der Waals surface area contributed by atoms with Crippen molar-refractivity contribution in [2.24, 2.45) is 5.92 Å². The van der Waals surface area contributed by atoms with E-state index in [1.165, 1.54) is 36.3 Å². The van der Waals surface area contributed by atoms with Crippen LogP contribution in [0.2, 0.25) is 0 Å². The third kappa shape index (κ3) is 3.37. The van der Waals surface area contributed by atoms with Crippen molar-refractivity contribution in [2.45, 2.75) is 44.2 Å². The van der Waals surface area contributed by atoms with Crippen LogP contribution in [0.4, 0.5) is 5.69 Å². The number of fused-ring (bicyclic) bond motifs is 1. The second-order valence-corrected chi connectivity index (χ2v) is 7.53. The predicted molar refractivity (Wildman–Crippen MR) is 103 cm³/mol. The average Bonchev–Trinajstić information content (AvgIpc) is 3.40. The van der Waals surface area contributed by atoms with Crippen LogP contribution in [0, 0.1) is 16.0 Å². The SMILES string of the molecule is COC(=O)[C@@H]1C[C@@H]2CCCC[C@@H]2N1C(=O)c1ccc(-n2ccnc2)c([N+](=O)[O-])c1. The number of amides is 1. The molecule has 2 fully saturated rings. The Balaban J connectivity index is 1.71. The fourth-order valence-electron chi connectivity index (χ4n) is 4.67. The van der Waals surface area contributed by atoms with Gasteiger partial charge in [-0.15, -0.1) is 0 Å². The van der Waals surface area contributed by atoms with Gasteiger partial charge in [0.1, 0.15) is 11.7 Å². The van der Waals surface area contributed by atoms with Gasteiger partial charge in [-0.05, 0) is 37.3 Å². The minimum atomic E-state index is -0.645. The van der Waals surface area contributed by atoms with Crippen molar-refractivity contribution in [2.75, 3.05) is 7.11 Å². The summed E-state index contributed by atoms with van der Waals surface area (Å²) in [5.41, 5.74) is 0.328. The molecule has 0 bridgehead atoms. The standard InChI is InChI=1S/C20H22N4O5/c1-29-20(26)18-10-13-4-2-3-5-15(13)23(18)19(25)14-6-7-16(17(11-14)24(27)28)22-9-8-21-12-22/h6-9,11-13,15,18H,2-5,10H2,1H3/t13-,15-,18-/m0/s1. The summed E-state index contributed by atoms with van der Waals surface area (Å²) in [6.07, 6.45) is 9.06. The predicted octanol–water partition coefficient (Wildman–Crippen LogP) is 2.73. The second kappa shape index (κ2) is 7.65. The number of carbonyl (C=O) groups is 2. The molecular weight excluding hydrogens is 376 g/mol. The number of benzene rings is 1. The summed E-state index contributed by atoms with van der Waals surface area (Å²) < 4.78 is 6.46. The molecule has 0 N–H and O–H groups in total. The van der Waals surface area contributed by atoms with Gasteiger partial charge in [-0.2, -0.15) is 0 Å². The van der Waals surface area contributed by atoms with E-state index in [1.807, 2.05) is 0 Å². The Morgan fingerprint density at radius 3 is 2.76 bits per heavy atom. The zero-order chi connectivity index (χ0) is 20.5. The van der Waals surface area contributed by atoms with Crippen LogP contribution in [0.5, 0.6) is 0 Å². The number of hydrogen-bond donors (Lipinski definition) is 0. The minimum absolute atomic E-state index is 0.0345. The third-order valence-electron chi connectivity index (χ3n) is 6.00. The van der Waals surface area contributed by atoms with Gasteiger partial charge in [-0.1, -0.05) is 12.8 Å². The van der Waals surface area contributed by atoms with E-state index in [1.54, 1.807) is 17.2 Å². The van der Waals surface area contributed by atoms with Gasteiger partial charge in [0.05, 0.1) is 18.4 Å². The molecule has 2 heterocycles. The maximum Gasteiger partial charge on any atom is 0.328 e. The molecule has 1 saturated carbocycles. The number of nitro groups is 1. The Morgan fingerprint density at radius 2 is 2.07 bits per heavy atom. The van der Waals surface area contributed by atoms with E-state index >= 15 is 0 Å². The zero-order valence-corrected chi connectivity index (χ0v) is 16.1. The number of imidazole rings is 1. The van der Waals surface area contributed by atoms with E-state index in [9.17, 15) is 19.7 Å². The summed E-state index contributed by atoms with van der Waals surface area (Å²) in [7, 11) is 1.32. The minimum Gasteiger partial charge on any atom is -0.467 e. The van der Waals surface area contributed by atoms with Crippen molar-refractivity contribution in [3.63, 3.8) is 0 Å². The van der Waals surface area contributed by atoms with Crippen LogP contribution in [-0.4, -0.2) is 50.4 Å². The summed E-state index contributed by atoms with van der Waals surface area (Å²) in [5, 5.41) is 11.6. The second-order valence-electron chi connectivity index (χ2n) is 7.53. The lowest BCUT2D eigenvalue weighted by Crippen LogP contribution is -2.46. The summed E-state index contributed by atoms with van der Waals surface area (Å²) in [5.74, 6) is -0.538. The highest BCUT2D eigenvalue weighted by molar-refractivity contribution is 5.98. The van der Waals surface area contributed by atoms with Crippen LogP contribution in [-0.2, 0) is 9.53 Å². The van der Waals surface area contributed by atoms with Crippen LogP contribution in [0.15, 0.2) is 36.9 Å². The molecule has 9 nitrogen and oxygen atoms in total. The van der Waals surface area contributed by atoms with Crippen LogP contribution in [0.3, 0.4) is 0 Å². The van der Waals surface area contributed by atoms with Crippen molar-refractivity contribution in [1.29, 1.82) is 0 Å². The highest BCUT2D eigenvalue weighted by Gasteiger charge is 2.48. The molecular formula is C20H22N4O5. The Hall–Kier alpha value is -3.23. The average molecular weight is 398 g/mol. The van der Waals surface area contributed by atoms with Gasteiger partial charge >= 0.3 is 5.97 Å². The number of nitrogens with zero attached hydrogens (tertiary/aromatic N) is 4. The lowest BCUT2D eigenvalue weighted by atomic mass is 9.84. The lowest BCUT2D eigenvalue weighted by molar-refractivity contribution is -0.384. The van der Waals surface area contributed by atoms with Crippen molar-refractivity contribution in [3.05, 3.63) is 52.6 Å². The molecule has 2 aliphatic rings. The van der Waals surface area contributed by atoms with Crippen LogP contribution >= 0.6 is 0 Å². The number of nitro benzene ring substituents is 1. The van der Waals surface area contributed by atoms with Gasteiger partial charge < -0.3 is 14.2 Å². The van der Waals surface area contributed by atoms with E-state index in [-0.39, 0.29) is 29.1 Å². The number of aromatic nitrogens is 2. The van der Waals surface area contributed by atoms with Gasteiger partial charge in [0.25, 0.3) is 11.6 Å². The van der Waals surface area contributed by atoms with Crippen LogP contribution in [0.25, 0.3) is 5.69 Å². The maximum absolute atomic E-state index is 13.4. The van der Waals surface area contributed by atoms with E-state index < -0.39 is 16.9 Å². The lowest BCUT2D eigenvalue weighted by Gasteiger charge is -2.33. The Kier molecular flexibility index (Phi) is 5.04.